The number of aromatic nitrogens is 1. The second-order valence-electron chi connectivity index (χ2n) is 4.86. The Kier molecular flexibility index (Phi) is 4.02. The van der Waals surface area contributed by atoms with Crippen molar-refractivity contribution in [1.29, 1.82) is 0 Å². The molecule has 116 valence electrons. The van der Waals surface area contributed by atoms with E-state index in [-0.39, 0.29) is 5.88 Å². The van der Waals surface area contributed by atoms with Crippen LogP contribution in [0.4, 0.5) is 13.2 Å². The highest BCUT2D eigenvalue weighted by molar-refractivity contribution is 5.69. The first-order valence-corrected chi connectivity index (χ1v) is 6.89. The summed E-state index contributed by atoms with van der Waals surface area (Å²) in [5.74, 6) is 0.646. The Morgan fingerprint density at radius 3 is 2.04 bits per heavy atom. The number of pyridine rings is 1. The molecule has 0 spiro atoms. The van der Waals surface area contributed by atoms with E-state index in [1.165, 1.54) is 0 Å². The molecule has 3 rings (SSSR count). The highest BCUT2D eigenvalue weighted by Gasteiger charge is 2.32. The van der Waals surface area contributed by atoms with E-state index in [1.54, 1.807) is 54.6 Å². The molecular weight excluding hydrogens is 303 g/mol. The molecule has 1 heterocycles. The molecule has 0 aliphatic carbocycles. The van der Waals surface area contributed by atoms with E-state index >= 15 is 0 Å². The maximum atomic E-state index is 13.0. The topological polar surface area (TPSA) is 22.1 Å². The summed E-state index contributed by atoms with van der Waals surface area (Å²) in [5, 5.41) is 0. The zero-order valence-electron chi connectivity index (χ0n) is 11.9. The Labute approximate surface area is 131 Å². The van der Waals surface area contributed by atoms with Gasteiger partial charge in [-0.05, 0) is 23.8 Å². The maximum Gasteiger partial charge on any atom is 0.417 e. The van der Waals surface area contributed by atoms with E-state index in [0.29, 0.717) is 16.9 Å². The molecule has 0 fully saturated rings. The van der Waals surface area contributed by atoms with Crippen molar-refractivity contribution >= 4 is 0 Å². The summed E-state index contributed by atoms with van der Waals surface area (Å²) in [6.45, 7) is 0. The van der Waals surface area contributed by atoms with Crippen LogP contribution >= 0.6 is 0 Å². The zero-order chi connectivity index (χ0) is 16.3. The van der Waals surface area contributed by atoms with Gasteiger partial charge in [0.25, 0.3) is 0 Å². The monoisotopic (exact) mass is 315 g/mol. The molecule has 0 atom stereocenters. The van der Waals surface area contributed by atoms with Crippen LogP contribution in [0.3, 0.4) is 0 Å². The third-order valence-corrected chi connectivity index (χ3v) is 3.22. The lowest BCUT2D eigenvalue weighted by Gasteiger charge is -2.13. The third-order valence-electron chi connectivity index (χ3n) is 3.22. The van der Waals surface area contributed by atoms with Gasteiger partial charge in [0.05, 0.1) is 5.56 Å². The van der Waals surface area contributed by atoms with Crippen LogP contribution in [0, 0.1) is 0 Å². The number of hydrogen-bond donors (Lipinski definition) is 0. The van der Waals surface area contributed by atoms with Gasteiger partial charge in [0.2, 0.25) is 5.88 Å². The average molecular weight is 315 g/mol. The van der Waals surface area contributed by atoms with Crippen molar-refractivity contribution in [3.8, 4) is 22.8 Å². The summed E-state index contributed by atoms with van der Waals surface area (Å²) >= 11 is 0. The van der Waals surface area contributed by atoms with Crippen LogP contribution in [0.15, 0.2) is 72.9 Å². The molecule has 0 saturated heterocycles. The smallest absolute Gasteiger partial charge is 0.417 e. The zero-order valence-corrected chi connectivity index (χ0v) is 11.9. The summed E-state index contributed by atoms with van der Waals surface area (Å²) in [5.41, 5.74) is 0.0954. The van der Waals surface area contributed by atoms with Crippen LogP contribution in [-0.4, -0.2) is 4.98 Å². The standard InChI is InChI=1S/C18H12F3NO/c19-18(20,21)14-11-16(13-7-3-1-4-8-13)17(22-12-14)23-15-9-5-2-6-10-15/h1-12H. The summed E-state index contributed by atoms with van der Waals surface area (Å²) < 4.78 is 44.5. The van der Waals surface area contributed by atoms with Crippen molar-refractivity contribution in [2.45, 2.75) is 6.18 Å². The van der Waals surface area contributed by atoms with Gasteiger partial charge in [-0.15, -0.1) is 0 Å². The number of ether oxygens (including phenoxy) is 1. The highest BCUT2D eigenvalue weighted by atomic mass is 19.4. The predicted octanol–water partition coefficient (Wildman–Crippen LogP) is 5.56. The van der Waals surface area contributed by atoms with Gasteiger partial charge < -0.3 is 4.74 Å². The van der Waals surface area contributed by atoms with Gasteiger partial charge in [-0.25, -0.2) is 4.98 Å². The van der Waals surface area contributed by atoms with E-state index in [4.69, 9.17) is 4.74 Å². The highest BCUT2D eigenvalue weighted by Crippen LogP contribution is 2.37. The van der Waals surface area contributed by atoms with Crippen molar-refractivity contribution in [3.63, 3.8) is 0 Å². The number of alkyl halides is 3. The van der Waals surface area contributed by atoms with Crippen molar-refractivity contribution in [2.75, 3.05) is 0 Å². The molecule has 5 heteroatoms. The lowest BCUT2D eigenvalue weighted by Crippen LogP contribution is -2.06. The molecule has 0 radical (unpaired) electrons. The molecule has 0 bridgehead atoms. The number of halogens is 3. The lowest BCUT2D eigenvalue weighted by molar-refractivity contribution is -0.137. The average Bonchev–Trinajstić information content (AvgIpc) is 2.56. The number of rotatable bonds is 3. The van der Waals surface area contributed by atoms with E-state index in [0.717, 1.165) is 12.3 Å². The summed E-state index contributed by atoms with van der Waals surface area (Å²) in [4.78, 5) is 3.87. The van der Waals surface area contributed by atoms with E-state index in [9.17, 15) is 13.2 Å². The van der Waals surface area contributed by atoms with Crippen LogP contribution < -0.4 is 4.74 Å². The van der Waals surface area contributed by atoms with Gasteiger partial charge in [0.15, 0.2) is 0 Å². The van der Waals surface area contributed by atoms with Crippen LogP contribution in [-0.2, 0) is 6.18 Å². The molecule has 2 aromatic carbocycles. The first-order chi connectivity index (χ1) is 11.0. The summed E-state index contributed by atoms with van der Waals surface area (Å²) in [7, 11) is 0. The Bertz CT molecular complexity index is 786. The molecule has 3 aromatic rings. The minimum Gasteiger partial charge on any atom is -0.438 e. The van der Waals surface area contributed by atoms with E-state index < -0.39 is 11.7 Å². The molecule has 0 unspecified atom stereocenters. The fourth-order valence-corrected chi connectivity index (χ4v) is 2.11. The second kappa shape index (κ2) is 6.12. The SMILES string of the molecule is FC(F)(F)c1cnc(Oc2ccccc2)c(-c2ccccc2)c1. The number of para-hydroxylation sites is 1. The molecular formula is C18H12F3NO. The van der Waals surface area contributed by atoms with E-state index in [1.807, 2.05) is 6.07 Å². The molecule has 0 aliphatic heterocycles. The van der Waals surface area contributed by atoms with Crippen molar-refractivity contribution in [3.05, 3.63) is 78.5 Å². The van der Waals surface area contributed by atoms with Crippen LogP contribution in [0.1, 0.15) is 5.56 Å². The maximum absolute atomic E-state index is 13.0. The van der Waals surface area contributed by atoms with Crippen molar-refractivity contribution < 1.29 is 17.9 Å². The van der Waals surface area contributed by atoms with Crippen molar-refractivity contribution in [2.24, 2.45) is 0 Å². The van der Waals surface area contributed by atoms with Gasteiger partial charge in [-0.1, -0.05) is 48.5 Å². The summed E-state index contributed by atoms with van der Waals surface area (Å²) in [6.07, 6.45) is -3.67. The van der Waals surface area contributed by atoms with Gasteiger partial charge in [-0.3, -0.25) is 0 Å². The van der Waals surface area contributed by atoms with Gasteiger partial charge in [0, 0.05) is 11.8 Å². The Morgan fingerprint density at radius 2 is 1.43 bits per heavy atom. The van der Waals surface area contributed by atoms with Gasteiger partial charge in [-0.2, -0.15) is 13.2 Å². The molecule has 23 heavy (non-hydrogen) atoms. The van der Waals surface area contributed by atoms with Crippen LogP contribution in [0.25, 0.3) is 11.1 Å². The number of hydrogen-bond acceptors (Lipinski definition) is 2. The predicted molar refractivity (Wildman–Crippen MR) is 81.2 cm³/mol. The third kappa shape index (κ3) is 3.51. The molecule has 1 aromatic heterocycles. The minimum absolute atomic E-state index is 0.135. The first-order valence-electron chi connectivity index (χ1n) is 6.89. The second-order valence-corrected chi connectivity index (χ2v) is 4.86. The Hall–Kier alpha value is -2.82. The molecule has 0 aliphatic rings. The van der Waals surface area contributed by atoms with Crippen molar-refractivity contribution in [1.82, 2.24) is 4.98 Å². The number of nitrogens with zero attached hydrogens (tertiary/aromatic N) is 1. The van der Waals surface area contributed by atoms with Gasteiger partial charge >= 0.3 is 6.18 Å². The molecule has 0 amide bonds. The fourth-order valence-electron chi connectivity index (χ4n) is 2.11. The van der Waals surface area contributed by atoms with Crippen LogP contribution in [0.5, 0.6) is 11.6 Å². The van der Waals surface area contributed by atoms with Crippen LogP contribution in [0.2, 0.25) is 0 Å². The quantitative estimate of drug-likeness (QED) is 0.631. The fraction of sp³-hybridized carbons (Fsp3) is 0.0556. The van der Waals surface area contributed by atoms with Gasteiger partial charge in [0.1, 0.15) is 5.75 Å². The first kappa shape index (κ1) is 15.1. The van der Waals surface area contributed by atoms with E-state index in [2.05, 4.69) is 4.98 Å². The number of benzene rings is 2. The molecule has 0 N–H and O–H groups in total. The molecule has 2 nitrogen and oxygen atoms in total. The normalized spacial score (nSPS) is 11.3. The lowest BCUT2D eigenvalue weighted by atomic mass is 10.1. The largest absolute Gasteiger partial charge is 0.438 e. The summed E-state index contributed by atoms with van der Waals surface area (Å²) in [6, 6.07) is 18.6. The minimum atomic E-state index is -4.46. The Balaban J connectivity index is 2.08. The Morgan fingerprint density at radius 1 is 0.826 bits per heavy atom. The molecule has 0 saturated carbocycles.